The predicted molar refractivity (Wildman–Crippen MR) is 127 cm³/mol. The Morgan fingerprint density at radius 1 is 1.03 bits per heavy atom. The van der Waals surface area contributed by atoms with Crippen LogP contribution in [0.4, 0.5) is 5.69 Å². The number of hydrogen-bond acceptors (Lipinski definition) is 4. The maximum absolute atomic E-state index is 13.1. The van der Waals surface area contributed by atoms with Gasteiger partial charge >= 0.3 is 0 Å². The highest BCUT2D eigenvalue weighted by molar-refractivity contribution is 7.89. The Hall–Kier alpha value is -2.22. The van der Waals surface area contributed by atoms with Crippen molar-refractivity contribution in [3.63, 3.8) is 0 Å². The molecular weight excluding hydrogens is 422 g/mol. The van der Waals surface area contributed by atoms with Gasteiger partial charge in [0, 0.05) is 37.9 Å². The van der Waals surface area contributed by atoms with Gasteiger partial charge in [-0.05, 0) is 55.0 Å². The minimum Gasteiger partial charge on any atom is -0.308 e. The Bertz CT molecular complexity index is 1060. The minimum absolute atomic E-state index is 0.0828. The summed E-state index contributed by atoms with van der Waals surface area (Å²) in [6.45, 7) is 8.57. The number of carbonyl (C=O) groups excluding carboxylic acids is 1. The predicted octanol–water partition coefficient (Wildman–Crippen LogP) is 3.48. The lowest BCUT2D eigenvalue weighted by molar-refractivity contribution is -0.120. The van der Waals surface area contributed by atoms with E-state index in [1.165, 1.54) is 5.56 Å². The van der Waals surface area contributed by atoms with Crippen LogP contribution in [0.1, 0.15) is 44.2 Å². The standard InChI is InChI=1S/C25H33N3O3S/c1-4-19(2)21-9-11-23(12-10-21)32(30,31)27-15-13-26(14-16-27)18-25(29)28-20(3)17-22-7-5-6-8-24(22)28/h5-12,19-20H,4,13-18H2,1-3H3/t19-,20+/m0/s1. The molecule has 0 radical (unpaired) electrons. The van der Waals surface area contributed by atoms with Gasteiger partial charge in [0.1, 0.15) is 0 Å². The quantitative estimate of drug-likeness (QED) is 0.669. The van der Waals surface area contributed by atoms with E-state index in [1.807, 2.05) is 35.2 Å². The molecule has 7 heteroatoms. The first kappa shape index (κ1) is 23.0. The van der Waals surface area contributed by atoms with Gasteiger partial charge in [0.2, 0.25) is 15.9 Å². The molecule has 1 fully saturated rings. The number of amides is 1. The lowest BCUT2D eigenvalue weighted by Crippen LogP contribution is -2.52. The molecule has 32 heavy (non-hydrogen) atoms. The van der Waals surface area contributed by atoms with Crippen molar-refractivity contribution in [1.82, 2.24) is 9.21 Å². The van der Waals surface area contributed by atoms with Gasteiger partial charge in [-0.15, -0.1) is 0 Å². The fourth-order valence-electron chi connectivity index (χ4n) is 4.69. The van der Waals surface area contributed by atoms with E-state index in [-0.39, 0.29) is 11.9 Å². The molecule has 1 saturated heterocycles. The molecule has 2 heterocycles. The maximum atomic E-state index is 13.1. The van der Waals surface area contributed by atoms with Crippen LogP contribution < -0.4 is 4.90 Å². The minimum atomic E-state index is -3.52. The third-order valence-electron chi connectivity index (χ3n) is 6.87. The number of hydrogen-bond donors (Lipinski definition) is 0. The Kier molecular flexibility index (Phi) is 6.70. The molecule has 172 valence electrons. The molecule has 6 nitrogen and oxygen atoms in total. The van der Waals surface area contributed by atoms with E-state index < -0.39 is 10.0 Å². The Morgan fingerprint density at radius 3 is 2.34 bits per heavy atom. The molecular formula is C25H33N3O3S. The summed E-state index contributed by atoms with van der Waals surface area (Å²) in [7, 11) is -3.52. The summed E-state index contributed by atoms with van der Waals surface area (Å²) in [6, 6.07) is 15.5. The van der Waals surface area contributed by atoms with Crippen LogP contribution in [-0.4, -0.2) is 62.3 Å². The number of fused-ring (bicyclic) bond motifs is 1. The third kappa shape index (κ3) is 4.47. The maximum Gasteiger partial charge on any atom is 0.243 e. The number of nitrogens with zero attached hydrogens (tertiary/aromatic N) is 3. The lowest BCUT2D eigenvalue weighted by Gasteiger charge is -2.35. The van der Waals surface area contributed by atoms with Gasteiger partial charge < -0.3 is 4.90 Å². The van der Waals surface area contributed by atoms with Crippen molar-refractivity contribution in [2.24, 2.45) is 0 Å². The topological polar surface area (TPSA) is 60.9 Å². The van der Waals surface area contributed by atoms with E-state index in [0.717, 1.165) is 24.1 Å². The van der Waals surface area contributed by atoms with E-state index in [1.54, 1.807) is 16.4 Å². The van der Waals surface area contributed by atoms with Crippen LogP contribution in [0, 0.1) is 0 Å². The SMILES string of the molecule is CC[C@H](C)c1ccc(S(=O)(=O)N2CCN(CC(=O)N3c4ccccc4C[C@H]3C)CC2)cc1. The van der Waals surface area contributed by atoms with Crippen LogP contribution in [-0.2, 0) is 21.2 Å². The first-order chi connectivity index (χ1) is 15.3. The molecule has 0 bridgehead atoms. The summed E-state index contributed by atoms with van der Waals surface area (Å²) in [5, 5.41) is 0. The number of benzene rings is 2. The van der Waals surface area contributed by atoms with Gasteiger partial charge in [-0.25, -0.2) is 8.42 Å². The van der Waals surface area contributed by atoms with E-state index in [2.05, 4.69) is 31.7 Å². The number of piperazine rings is 1. The summed E-state index contributed by atoms with van der Waals surface area (Å²) < 4.78 is 27.7. The zero-order valence-electron chi connectivity index (χ0n) is 19.2. The molecule has 2 aliphatic heterocycles. The van der Waals surface area contributed by atoms with E-state index in [0.29, 0.717) is 43.5 Å². The van der Waals surface area contributed by atoms with Crippen molar-refractivity contribution in [2.75, 3.05) is 37.6 Å². The van der Waals surface area contributed by atoms with Gasteiger partial charge in [0.05, 0.1) is 11.4 Å². The van der Waals surface area contributed by atoms with E-state index in [9.17, 15) is 13.2 Å². The van der Waals surface area contributed by atoms with E-state index in [4.69, 9.17) is 0 Å². The highest BCUT2D eigenvalue weighted by atomic mass is 32.2. The fourth-order valence-corrected chi connectivity index (χ4v) is 6.12. The number of sulfonamides is 1. The lowest BCUT2D eigenvalue weighted by atomic mass is 9.99. The summed E-state index contributed by atoms with van der Waals surface area (Å²) >= 11 is 0. The molecule has 0 aliphatic carbocycles. The number of para-hydroxylation sites is 1. The van der Waals surface area contributed by atoms with Crippen LogP contribution >= 0.6 is 0 Å². The van der Waals surface area contributed by atoms with Crippen LogP contribution in [0.5, 0.6) is 0 Å². The van der Waals surface area contributed by atoms with E-state index >= 15 is 0 Å². The van der Waals surface area contributed by atoms with Crippen LogP contribution in [0.3, 0.4) is 0 Å². The molecule has 4 rings (SSSR count). The second kappa shape index (κ2) is 9.33. The molecule has 2 aromatic rings. The molecule has 2 aromatic carbocycles. The average molecular weight is 456 g/mol. The molecule has 2 aliphatic rings. The van der Waals surface area contributed by atoms with Crippen LogP contribution in [0.25, 0.3) is 0 Å². The third-order valence-corrected chi connectivity index (χ3v) is 8.78. The zero-order chi connectivity index (χ0) is 22.9. The van der Waals surface area contributed by atoms with Gasteiger partial charge in [0.15, 0.2) is 0 Å². The van der Waals surface area contributed by atoms with Crippen molar-refractivity contribution in [1.29, 1.82) is 0 Å². The summed E-state index contributed by atoms with van der Waals surface area (Å²) in [6.07, 6.45) is 1.90. The second-order valence-corrected chi connectivity index (χ2v) is 10.9. The molecule has 1 amide bonds. The first-order valence-electron chi connectivity index (χ1n) is 11.5. The van der Waals surface area contributed by atoms with Crippen molar-refractivity contribution in [3.05, 3.63) is 59.7 Å². The monoisotopic (exact) mass is 455 g/mol. The molecule has 0 saturated carbocycles. The number of carbonyl (C=O) groups is 1. The van der Waals surface area contributed by atoms with Crippen LogP contribution in [0.15, 0.2) is 53.4 Å². The molecule has 0 unspecified atom stereocenters. The van der Waals surface area contributed by atoms with Crippen molar-refractivity contribution in [3.8, 4) is 0 Å². The normalized spacial score (nSPS) is 20.8. The number of anilines is 1. The smallest absolute Gasteiger partial charge is 0.243 e. The highest BCUT2D eigenvalue weighted by Gasteiger charge is 2.33. The van der Waals surface area contributed by atoms with Crippen molar-refractivity contribution >= 4 is 21.6 Å². The Labute approximate surface area is 191 Å². The highest BCUT2D eigenvalue weighted by Crippen LogP contribution is 2.32. The Morgan fingerprint density at radius 2 is 1.69 bits per heavy atom. The summed E-state index contributed by atoms with van der Waals surface area (Å²) in [4.78, 5) is 17.4. The number of rotatable bonds is 6. The van der Waals surface area contributed by atoms with Crippen molar-refractivity contribution in [2.45, 2.75) is 50.5 Å². The van der Waals surface area contributed by atoms with Crippen molar-refractivity contribution < 1.29 is 13.2 Å². The summed E-state index contributed by atoms with van der Waals surface area (Å²) in [5.74, 6) is 0.498. The first-order valence-corrected chi connectivity index (χ1v) is 13.0. The fraction of sp³-hybridized carbons (Fsp3) is 0.480. The largest absolute Gasteiger partial charge is 0.308 e. The van der Waals surface area contributed by atoms with Crippen LogP contribution in [0.2, 0.25) is 0 Å². The molecule has 0 spiro atoms. The zero-order valence-corrected chi connectivity index (χ0v) is 20.0. The summed E-state index contributed by atoms with van der Waals surface area (Å²) in [5.41, 5.74) is 3.38. The van der Waals surface area contributed by atoms with Gasteiger partial charge in [0.25, 0.3) is 0 Å². The molecule has 0 N–H and O–H groups in total. The molecule has 0 aromatic heterocycles. The van der Waals surface area contributed by atoms with Gasteiger partial charge in [-0.1, -0.05) is 44.2 Å². The van der Waals surface area contributed by atoms with Gasteiger partial charge in [-0.3, -0.25) is 9.69 Å². The molecule has 2 atom stereocenters. The van der Waals surface area contributed by atoms with Gasteiger partial charge in [-0.2, -0.15) is 4.31 Å². The average Bonchev–Trinajstić information content (AvgIpc) is 3.14. The second-order valence-electron chi connectivity index (χ2n) is 9.00. The Balaban J connectivity index is 1.36.